The summed E-state index contributed by atoms with van der Waals surface area (Å²) in [4.78, 5) is 3.35. The molecule has 11 nitrogen and oxygen atoms in total. The van der Waals surface area contributed by atoms with E-state index in [1.807, 2.05) is 24.4 Å². The lowest BCUT2D eigenvalue weighted by Crippen LogP contribution is -2.42. The third-order valence-electron chi connectivity index (χ3n) is 14.6. The molecule has 2 aromatic rings. The lowest BCUT2D eigenvalue weighted by atomic mass is 9.70. The van der Waals surface area contributed by atoms with E-state index in [1.54, 1.807) is 27.7 Å². The minimum absolute atomic E-state index is 0.0248. The van der Waals surface area contributed by atoms with E-state index in [0.717, 1.165) is 34.4 Å². The number of nitrogens with two attached hydrogens (primary N) is 1. The molecular weight excluding hydrogens is 799 g/mol. The first kappa shape index (κ1) is 43.6. The highest BCUT2D eigenvalue weighted by atomic mass is 33.1. The number of phenolic OH excluding ortho intramolecular Hbond substituents is 1. The third-order valence-corrected chi connectivity index (χ3v) is 17.0. The Morgan fingerprint density at radius 3 is 2.67 bits per heavy atom. The van der Waals surface area contributed by atoms with Crippen LogP contribution in [0.25, 0.3) is 0 Å². The van der Waals surface area contributed by atoms with Crippen LogP contribution in [0, 0.1) is 52.8 Å². The smallest absolute Gasteiger partial charge is 0.161 e. The average Bonchev–Trinajstić information content (AvgIpc) is 3.63. The van der Waals surface area contributed by atoms with E-state index >= 15 is 0 Å². The van der Waals surface area contributed by atoms with Crippen molar-refractivity contribution in [2.75, 3.05) is 31.3 Å². The van der Waals surface area contributed by atoms with Gasteiger partial charge in [0.2, 0.25) is 0 Å². The molecule has 13 atom stereocenters. The number of benzene rings is 1. The monoisotopic (exact) mass is 861 g/mol. The molecule has 11 N–H and O–H groups in total. The van der Waals surface area contributed by atoms with Crippen LogP contribution in [0.3, 0.4) is 0 Å². The summed E-state index contributed by atoms with van der Waals surface area (Å²) < 4.78 is 6.85. The first-order valence-corrected chi connectivity index (χ1v) is 24.5. The van der Waals surface area contributed by atoms with Crippen molar-refractivity contribution in [1.82, 2.24) is 10.3 Å². The second-order valence-corrected chi connectivity index (χ2v) is 20.8. The molecule has 326 valence electrons. The largest absolute Gasteiger partial charge is 0.504 e. The van der Waals surface area contributed by atoms with Gasteiger partial charge >= 0.3 is 0 Å². The molecule has 2 fully saturated rings. The Kier molecular flexibility index (Phi) is 13.6. The maximum absolute atomic E-state index is 12.2. The molecule has 13 heteroatoms. The molecule has 60 heavy (non-hydrogen) atoms. The van der Waals surface area contributed by atoms with Crippen LogP contribution in [0.15, 0.2) is 65.2 Å². The van der Waals surface area contributed by atoms with Crippen LogP contribution in [0.5, 0.6) is 11.5 Å². The molecule has 0 unspecified atom stereocenters. The van der Waals surface area contributed by atoms with Gasteiger partial charge in [0.25, 0.3) is 0 Å². The number of nitrogens with one attached hydrogen (secondary N) is 2. The highest BCUT2D eigenvalue weighted by Crippen LogP contribution is 2.52. The third kappa shape index (κ3) is 8.91. The summed E-state index contributed by atoms with van der Waals surface area (Å²) in [6.45, 7) is 2.47. The summed E-state index contributed by atoms with van der Waals surface area (Å²) in [5, 5.41) is 83.3. The Morgan fingerprint density at radius 2 is 1.90 bits per heavy atom. The Bertz CT molecular complexity index is 1990. The van der Waals surface area contributed by atoms with Crippen molar-refractivity contribution < 1.29 is 40.5 Å². The van der Waals surface area contributed by atoms with Crippen LogP contribution in [0.2, 0.25) is 0 Å². The number of aliphatic hydroxyl groups excluding tert-OH is 6. The van der Waals surface area contributed by atoms with Gasteiger partial charge in [-0.25, -0.2) is 0 Å². The van der Waals surface area contributed by atoms with Crippen LogP contribution in [-0.4, -0.2) is 103 Å². The normalized spacial score (nSPS) is 36.9. The zero-order chi connectivity index (χ0) is 42.1. The van der Waals surface area contributed by atoms with Crippen LogP contribution in [0.4, 0.5) is 0 Å². The Morgan fingerprint density at radius 1 is 1.05 bits per heavy atom. The fourth-order valence-electron chi connectivity index (χ4n) is 11.4. The van der Waals surface area contributed by atoms with Crippen molar-refractivity contribution in [3.63, 3.8) is 0 Å². The van der Waals surface area contributed by atoms with E-state index in [1.165, 1.54) is 5.57 Å². The number of aliphatic hydroxyl groups is 6. The van der Waals surface area contributed by atoms with Gasteiger partial charge in [0, 0.05) is 77.8 Å². The number of phenols is 1. The van der Waals surface area contributed by atoms with Crippen molar-refractivity contribution in [3.8, 4) is 23.3 Å². The SMILES string of the molecule is CC[C@@H]1Cc2cc(O)c(O[C@H]3C[C@@H](Cc4ccc[nH]4)C4=CCNC(N)=C4CSSC[C@H](CO)[C@@H]3O)cc2[C@@H]2C[C@@H](O)[C@H]3[C@@H](O)[C@@H]4CC[C@](CCO)(C#C[C@@H]3C=C12)C[C@H](O)C4. The number of fused-ring (bicyclic) bond motifs is 8. The van der Waals surface area contributed by atoms with Gasteiger partial charge in [-0.3, -0.25) is 0 Å². The number of rotatable bonds is 8. The summed E-state index contributed by atoms with van der Waals surface area (Å²) >= 11 is 0. The maximum Gasteiger partial charge on any atom is 0.161 e. The molecule has 0 amide bonds. The van der Waals surface area contributed by atoms with E-state index in [2.05, 4.69) is 41.2 Å². The number of aromatic amines is 1. The number of hydrogen-bond acceptors (Lipinski definition) is 12. The number of dihydropyridines is 1. The summed E-state index contributed by atoms with van der Waals surface area (Å²) in [5.41, 5.74) is 12.3. The van der Waals surface area contributed by atoms with E-state index in [4.69, 9.17) is 10.5 Å². The molecule has 0 spiro atoms. The molecule has 2 bridgehead atoms. The lowest BCUT2D eigenvalue weighted by Gasteiger charge is -2.37. The molecule has 4 aliphatic carbocycles. The minimum atomic E-state index is -1.05. The molecule has 1 saturated carbocycles. The predicted octanol–water partition coefficient (Wildman–Crippen LogP) is 4.67. The molecular formula is C47H63N3O8S2. The van der Waals surface area contributed by atoms with E-state index in [-0.39, 0.29) is 48.4 Å². The van der Waals surface area contributed by atoms with Gasteiger partial charge in [0.05, 0.1) is 24.4 Å². The van der Waals surface area contributed by atoms with Gasteiger partial charge in [-0.05, 0) is 123 Å². The molecule has 8 rings (SSSR count). The lowest BCUT2D eigenvalue weighted by molar-refractivity contribution is -0.0419. The summed E-state index contributed by atoms with van der Waals surface area (Å²) in [5.74, 6) is 7.17. The number of aromatic hydroxyl groups is 1. The zero-order valence-corrected chi connectivity index (χ0v) is 36.1. The van der Waals surface area contributed by atoms with Crippen molar-refractivity contribution >= 4 is 21.6 Å². The van der Waals surface area contributed by atoms with Gasteiger partial charge in [0.15, 0.2) is 11.5 Å². The highest BCUT2D eigenvalue weighted by molar-refractivity contribution is 8.76. The van der Waals surface area contributed by atoms with Crippen LogP contribution < -0.4 is 15.8 Å². The quantitative estimate of drug-likeness (QED) is 0.100. The Labute approximate surface area is 361 Å². The standard InChI is InChI=1S/C47H63N3O8S2/c1-2-26-14-29-18-39(54)41(58-42-19-30(15-32-4-3-11-49-32)34-7-12-50-46(48)38(34)25-60-59-24-31(23-52)44(42)56)21-36(29)37-20-40(55)43-27(17-35(26)37)5-8-47(10-13-51)9-6-28(45(43)57)16-33(53)22-47/h3-4,7,11,17-18,21,26-28,30-31,33,37,40,42-45,49-57H,2,6,9-10,12-16,19-20,22-25,48H2,1H3/t26-,27-,28-,30-,31+,33-,37-,40-,42+,43+,44+,45+,47+/m1/s1. The molecule has 3 heterocycles. The second-order valence-electron chi connectivity index (χ2n) is 18.3. The van der Waals surface area contributed by atoms with Crippen molar-refractivity contribution in [1.29, 1.82) is 0 Å². The summed E-state index contributed by atoms with van der Waals surface area (Å²) in [7, 11) is 3.24. The van der Waals surface area contributed by atoms with Gasteiger partial charge in [-0.15, -0.1) is 0 Å². The zero-order valence-electron chi connectivity index (χ0n) is 34.5. The molecule has 1 aromatic carbocycles. The van der Waals surface area contributed by atoms with E-state index in [0.29, 0.717) is 81.7 Å². The Hall–Kier alpha value is -3.06. The number of H-pyrrole nitrogens is 1. The van der Waals surface area contributed by atoms with Crippen molar-refractivity contribution in [3.05, 3.63) is 82.0 Å². The fourth-order valence-corrected chi connectivity index (χ4v) is 13.9. The van der Waals surface area contributed by atoms with Gasteiger partial charge in [-0.2, -0.15) is 0 Å². The minimum Gasteiger partial charge on any atom is -0.504 e. The number of aromatic nitrogens is 1. The van der Waals surface area contributed by atoms with Gasteiger partial charge in [-0.1, -0.05) is 58.1 Å². The molecule has 1 aromatic heterocycles. The van der Waals surface area contributed by atoms with Crippen LogP contribution in [-0.2, 0) is 12.8 Å². The Balaban J connectivity index is 1.17. The van der Waals surface area contributed by atoms with Crippen LogP contribution in [0.1, 0.15) is 81.0 Å². The highest BCUT2D eigenvalue weighted by Gasteiger charge is 2.47. The summed E-state index contributed by atoms with van der Waals surface area (Å²) in [6.07, 6.45) is 7.59. The van der Waals surface area contributed by atoms with Crippen LogP contribution >= 0.6 is 21.6 Å². The molecule has 0 radical (unpaired) electrons. The molecule has 2 aliphatic heterocycles. The molecule has 6 aliphatic rings. The number of allylic oxidation sites excluding steroid dienone is 3. The molecule has 1 saturated heterocycles. The summed E-state index contributed by atoms with van der Waals surface area (Å²) in [6, 6.07) is 7.70. The number of hydrogen-bond donors (Lipinski definition) is 10. The average molecular weight is 862 g/mol. The van der Waals surface area contributed by atoms with E-state index < -0.39 is 53.7 Å². The predicted molar refractivity (Wildman–Crippen MR) is 236 cm³/mol. The fraction of sp³-hybridized carbons (Fsp3) is 0.617. The van der Waals surface area contributed by atoms with Crippen molar-refractivity contribution in [2.24, 2.45) is 46.7 Å². The first-order valence-electron chi connectivity index (χ1n) is 22.0. The topological polar surface area (TPSA) is 205 Å². The number of ether oxygens (including phenoxy) is 1. The maximum atomic E-state index is 12.2. The first-order chi connectivity index (χ1) is 29.0. The van der Waals surface area contributed by atoms with Crippen molar-refractivity contribution in [2.45, 2.75) is 108 Å². The van der Waals surface area contributed by atoms with E-state index in [9.17, 15) is 35.7 Å². The van der Waals surface area contributed by atoms with Gasteiger partial charge < -0.3 is 56.5 Å². The second kappa shape index (κ2) is 18.7. The van der Waals surface area contributed by atoms with Gasteiger partial charge in [0.1, 0.15) is 11.9 Å².